The van der Waals surface area contributed by atoms with E-state index in [1.165, 1.54) is 56.4 Å². The second kappa shape index (κ2) is 7.29. The van der Waals surface area contributed by atoms with Gasteiger partial charge in [0, 0.05) is 36.8 Å². The highest BCUT2D eigenvalue weighted by molar-refractivity contribution is 7.89. The quantitative estimate of drug-likeness (QED) is 0.878. The van der Waals surface area contributed by atoms with Crippen LogP contribution in [0.3, 0.4) is 0 Å². The second-order valence-corrected chi connectivity index (χ2v) is 7.62. The number of halogens is 2. The van der Waals surface area contributed by atoms with E-state index in [1.807, 2.05) is 0 Å². The van der Waals surface area contributed by atoms with Crippen molar-refractivity contribution in [1.29, 1.82) is 0 Å². The van der Waals surface area contributed by atoms with Crippen molar-refractivity contribution in [2.24, 2.45) is 0 Å². The Morgan fingerprint density at radius 2 is 1.83 bits per heavy atom. The minimum atomic E-state index is -3.82. The maximum atomic E-state index is 13.8. The maximum absolute atomic E-state index is 13.8. The summed E-state index contributed by atoms with van der Waals surface area (Å²) in [4.78, 5) is 11.0. The minimum absolute atomic E-state index is 0.0339. The van der Waals surface area contributed by atoms with Gasteiger partial charge < -0.3 is 5.32 Å². The van der Waals surface area contributed by atoms with Crippen LogP contribution in [0.1, 0.15) is 12.5 Å². The zero-order valence-corrected chi connectivity index (χ0v) is 14.7. The summed E-state index contributed by atoms with van der Waals surface area (Å²) in [7, 11) is -2.47. The van der Waals surface area contributed by atoms with Gasteiger partial charge in [0.1, 0.15) is 5.82 Å². The zero-order valence-electron chi connectivity index (χ0n) is 13.1. The Kier molecular flexibility index (Phi) is 5.58. The van der Waals surface area contributed by atoms with E-state index in [-0.39, 0.29) is 27.9 Å². The Hall–Kier alpha value is -1.96. The van der Waals surface area contributed by atoms with Crippen LogP contribution in [0, 0.1) is 5.82 Å². The molecule has 0 atom stereocenters. The summed E-state index contributed by atoms with van der Waals surface area (Å²) in [6.45, 7) is 1.16. The first-order valence-corrected chi connectivity index (χ1v) is 8.80. The molecular weight excluding hydrogens is 355 g/mol. The molecule has 0 saturated carbocycles. The Bertz CT molecular complexity index is 834. The Morgan fingerprint density at radius 1 is 1.21 bits per heavy atom. The number of nitrogens with zero attached hydrogens (tertiary/aromatic N) is 1. The second-order valence-electron chi connectivity index (χ2n) is 5.17. The molecule has 0 unspecified atom stereocenters. The number of hydrogen-bond donors (Lipinski definition) is 1. The number of hydrogen-bond acceptors (Lipinski definition) is 3. The lowest BCUT2D eigenvalue weighted by Crippen LogP contribution is -2.27. The van der Waals surface area contributed by atoms with Gasteiger partial charge >= 0.3 is 0 Å². The minimum Gasteiger partial charge on any atom is -0.326 e. The molecule has 0 aliphatic rings. The highest BCUT2D eigenvalue weighted by atomic mass is 35.5. The number of sulfonamides is 1. The van der Waals surface area contributed by atoms with Gasteiger partial charge in [-0.25, -0.2) is 12.8 Å². The highest BCUT2D eigenvalue weighted by Gasteiger charge is 2.23. The molecule has 0 fully saturated rings. The normalized spacial score (nSPS) is 11.5. The third kappa shape index (κ3) is 4.11. The number of amides is 1. The van der Waals surface area contributed by atoms with Gasteiger partial charge in [-0.3, -0.25) is 4.79 Å². The van der Waals surface area contributed by atoms with Crippen LogP contribution in [0.2, 0.25) is 5.02 Å². The van der Waals surface area contributed by atoms with Crippen LogP contribution in [0.4, 0.5) is 10.1 Å². The van der Waals surface area contributed by atoms with E-state index in [0.717, 1.165) is 4.31 Å². The molecule has 0 spiro atoms. The van der Waals surface area contributed by atoms with Gasteiger partial charge in [0.15, 0.2) is 0 Å². The number of rotatable bonds is 5. The molecular formula is C16H16ClFN2O3S. The molecule has 2 aromatic rings. The molecule has 24 heavy (non-hydrogen) atoms. The maximum Gasteiger partial charge on any atom is 0.243 e. The summed E-state index contributed by atoms with van der Waals surface area (Å²) in [6, 6.07) is 9.90. The number of nitrogens with one attached hydrogen (secondary N) is 1. The smallest absolute Gasteiger partial charge is 0.243 e. The summed E-state index contributed by atoms with van der Waals surface area (Å²) in [5.74, 6) is -0.817. The van der Waals surface area contributed by atoms with Gasteiger partial charge in [-0.05, 0) is 36.4 Å². The summed E-state index contributed by atoms with van der Waals surface area (Å²) in [5, 5.41) is 2.72. The van der Waals surface area contributed by atoms with Crippen LogP contribution in [-0.2, 0) is 21.4 Å². The van der Waals surface area contributed by atoms with Crippen molar-refractivity contribution in [2.75, 3.05) is 12.4 Å². The van der Waals surface area contributed by atoms with Crippen LogP contribution >= 0.6 is 11.6 Å². The SMILES string of the molecule is CC(=O)Nc1ccc(S(=O)(=O)N(C)Cc2c(F)cccc2Cl)cc1. The molecule has 0 radical (unpaired) electrons. The van der Waals surface area contributed by atoms with Gasteiger partial charge in [0.05, 0.1) is 4.90 Å². The van der Waals surface area contributed by atoms with E-state index in [0.29, 0.717) is 5.69 Å². The standard InChI is InChI=1S/C16H16ClFN2O3S/c1-11(21)19-12-6-8-13(9-7-12)24(22,23)20(2)10-14-15(17)4-3-5-16(14)18/h3-9H,10H2,1-2H3,(H,19,21). The first kappa shape index (κ1) is 18.4. The molecule has 0 aliphatic carbocycles. The van der Waals surface area contributed by atoms with Crippen molar-refractivity contribution in [1.82, 2.24) is 4.31 Å². The number of carbonyl (C=O) groups excluding carboxylic acids is 1. The monoisotopic (exact) mass is 370 g/mol. The van der Waals surface area contributed by atoms with Crippen LogP contribution in [0.5, 0.6) is 0 Å². The van der Waals surface area contributed by atoms with Gasteiger partial charge in [0.25, 0.3) is 0 Å². The lowest BCUT2D eigenvalue weighted by molar-refractivity contribution is -0.114. The van der Waals surface area contributed by atoms with E-state index in [4.69, 9.17) is 11.6 Å². The Morgan fingerprint density at radius 3 is 2.38 bits per heavy atom. The number of anilines is 1. The molecule has 0 aromatic heterocycles. The van der Waals surface area contributed by atoms with E-state index >= 15 is 0 Å². The van der Waals surface area contributed by atoms with E-state index in [1.54, 1.807) is 0 Å². The molecule has 8 heteroatoms. The largest absolute Gasteiger partial charge is 0.326 e. The summed E-state index contributed by atoms with van der Waals surface area (Å²) < 4.78 is 40.0. The predicted molar refractivity (Wildman–Crippen MR) is 90.8 cm³/mol. The third-order valence-electron chi connectivity index (χ3n) is 3.33. The summed E-state index contributed by atoms with van der Waals surface area (Å²) >= 11 is 5.94. The van der Waals surface area contributed by atoms with Gasteiger partial charge in [0.2, 0.25) is 15.9 Å². The summed E-state index contributed by atoms with van der Waals surface area (Å²) in [6.07, 6.45) is 0. The van der Waals surface area contributed by atoms with Crippen molar-refractivity contribution in [3.8, 4) is 0 Å². The fourth-order valence-electron chi connectivity index (χ4n) is 2.08. The molecule has 5 nitrogen and oxygen atoms in total. The molecule has 1 N–H and O–H groups in total. The topological polar surface area (TPSA) is 66.5 Å². The van der Waals surface area contributed by atoms with Crippen molar-refractivity contribution in [3.63, 3.8) is 0 Å². The van der Waals surface area contributed by atoms with Crippen molar-refractivity contribution < 1.29 is 17.6 Å². The van der Waals surface area contributed by atoms with Crippen LogP contribution in [0.25, 0.3) is 0 Å². The van der Waals surface area contributed by atoms with Crippen molar-refractivity contribution >= 4 is 33.2 Å². The van der Waals surface area contributed by atoms with Gasteiger partial charge in [-0.1, -0.05) is 17.7 Å². The van der Waals surface area contributed by atoms with Crippen LogP contribution in [-0.4, -0.2) is 25.7 Å². The zero-order chi connectivity index (χ0) is 17.9. The lowest BCUT2D eigenvalue weighted by atomic mass is 10.2. The first-order chi connectivity index (χ1) is 11.2. The highest BCUT2D eigenvalue weighted by Crippen LogP contribution is 2.24. The number of carbonyl (C=O) groups is 1. The molecule has 0 aliphatic heterocycles. The Balaban J connectivity index is 2.24. The van der Waals surface area contributed by atoms with E-state index in [9.17, 15) is 17.6 Å². The third-order valence-corrected chi connectivity index (χ3v) is 5.50. The van der Waals surface area contributed by atoms with Crippen molar-refractivity contribution in [3.05, 3.63) is 58.9 Å². The Labute approximate surface area is 145 Å². The molecule has 1 amide bonds. The molecule has 2 aromatic carbocycles. The average molecular weight is 371 g/mol. The fraction of sp³-hybridized carbons (Fsp3) is 0.188. The van der Waals surface area contributed by atoms with Crippen LogP contribution < -0.4 is 5.32 Å². The predicted octanol–water partition coefficient (Wildman–Crippen LogP) is 3.26. The number of benzene rings is 2. The molecule has 2 rings (SSSR count). The van der Waals surface area contributed by atoms with Crippen molar-refractivity contribution in [2.45, 2.75) is 18.4 Å². The molecule has 128 valence electrons. The van der Waals surface area contributed by atoms with E-state index < -0.39 is 15.8 Å². The van der Waals surface area contributed by atoms with Gasteiger partial charge in [-0.15, -0.1) is 0 Å². The first-order valence-electron chi connectivity index (χ1n) is 6.98. The van der Waals surface area contributed by atoms with Gasteiger partial charge in [-0.2, -0.15) is 4.31 Å². The molecule has 0 saturated heterocycles. The lowest BCUT2D eigenvalue weighted by Gasteiger charge is -2.18. The van der Waals surface area contributed by atoms with Crippen LogP contribution in [0.15, 0.2) is 47.4 Å². The fourth-order valence-corrected chi connectivity index (χ4v) is 3.45. The average Bonchev–Trinajstić information content (AvgIpc) is 2.50. The molecule has 0 bridgehead atoms. The van der Waals surface area contributed by atoms with E-state index in [2.05, 4.69) is 5.32 Å². The summed E-state index contributed by atoms with van der Waals surface area (Å²) in [5.41, 5.74) is 0.598. The molecule has 0 heterocycles.